The Labute approximate surface area is 181 Å². The first-order valence-electron chi connectivity index (χ1n) is 10.1. The fourth-order valence-corrected chi connectivity index (χ4v) is 2.59. The lowest BCUT2D eigenvalue weighted by Crippen LogP contribution is -2.27. The molecule has 0 unspecified atom stereocenters. The van der Waals surface area contributed by atoms with Crippen LogP contribution in [-0.4, -0.2) is 40.1 Å². The van der Waals surface area contributed by atoms with Gasteiger partial charge in [-0.25, -0.2) is 9.78 Å². The molecule has 0 saturated heterocycles. The van der Waals surface area contributed by atoms with E-state index in [0.717, 1.165) is 11.4 Å². The molecule has 0 bridgehead atoms. The van der Waals surface area contributed by atoms with E-state index in [1.165, 1.54) is 6.20 Å². The van der Waals surface area contributed by atoms with Gasteiger partial charge in [-0.2, -0.15) is 0 Å². The molecule has 0 radical (unpaired) electrons. The highest BCUT2D eigenvalue weighted by Crippen LogP contribution is 2.22. The van der Waals surface area contributed by atoms with Crippen molar-refractivity contribution in [3.05, 3.63) is 66.5 Å². The maximum atomic E-state index is 12.2. The number of carbonyl (C=O) groups is 2. The van der Waals surface area contributed by atoms with Crippen molar-refractivity contribution in [2.45, 2.75) is 27.2 Å². The van der Waals surface area contributed by atoms with Gasteiger partial charge in [-0.15, -0.1) is 0 Å². The number of nitrogens with zero attached hydrogens (tertiary/aromatic N) is 3. The molecule has 0 atom stereocenters. The second-order valence-corrected chi connectivity index (χ2v) is 7.56. The number of hydrogen-bond donors (Lipinski definition) is 0. The van der Waals surface area contributed by atoms with Crippen molar-refractivity contribution >= 4 is 11.9 Å². The average Bonchev–Trinajstić information content (AvgIpc) is 2.82. The second kappa shape index (κ2) is 9.93. The molecule has 31 heavy (non-hydrogen) atoms. The van der Waals surface area contributed by atoms with Gasteiger partial charge in [-0.05, 0) is 56.7 Å². The van der Waals surface area contributed by atoms with Crippen molar-refractivity contribution in [1.82, 2.24) is 15.0 Å². The maximum Gasteiger partial charge on any atom is 0.339 e. The Bertz CT molecular complexity index is 1030. The normalized spacial score (nSPS) is 11.1. The Kier molecular flexibility index (Phi) is 7.07. The Morgan fingerprint density at radius 2 is 1.52 bits per heavy atom. The predicted molar refractivity (Wildman–Crippen MR) is 116 cm³/mol. The minimum Gasteiger partial charge on any atom is -0.462 e. The van der Waals surface area contributed by atoms with Gasteiger partial charge in [-0.3, -0.25) is 14.8 Å². The molecule has 3 aromatic heterocycles. The summed E-state index contributed by atoms with van der Waals surface area (Å²) >= 11 is 0. The Hall–Kier alpha value is -3.61. The van der Waals surface area contributed by atoms with Gasteiger partial charge in [0, 0.05) is 12.4 Å². The highest BCUT2D eigenvalue weighted by atomic mass is 16.6. The van der Waals surface area contributed by atoms with Crippen LogP contribution in [0.2, 0.25) is 0 Å². The van der Waals surface area contributed by atoms with Gasteiger partial charge in [0.05, 0.1) is 33.8 Å². The van der Waals surface area contributed by atoms with E-state index in [0.29, 0.717) is 23.4 Å². The van der Waals surface area contributed by atoms with Crippen LogP contribution in [-0.2, 0) is 14.3 Å². The van der Waals surface area contributed by atoms with Crippen LogP contribution in [0.3, 0.4) is 0 Å². The molecular weight excluding hydrogens is 394 g/mol. The zero-order valence-corrected chi connectivity index (χ0v) is 17.9. The molecule has 0 aromatic carbocycles. The molecule has 0 aliphatic rings. The van der Waals surface area contributed by atoms with Crippen LogP contribution < -0.4 is 0 Å². The van der Waals surface area contributed by atoms with Gasteiger partial charge in [0.1, 0.15) is 13.2 Å². The molecule has 0 aliphatic carbocycles. The quantitative estimate of drug-likeness (QED) is 0.396. The van der Waals surface area contributed by atoms with E-state index in [1.807, 2.05) is 57.2 Å². The first-order valence-corrected chi connectivity index (χ1v) is 10.1. The van der Waals surface area contributed by atoms with Gasteiger partial charge in [0.15, 0.2) is 0 Å². The van der Waals surface area contributed by atoms with Gasteiger partial charge < -0.3 is 9.47 Å². The Balaban J connectivity index is 1.58. The molecule has 7 nitrogen and oxygen atoms in total. The first kappa shape index (κ1) is 22.1. The summed E-state index contributed by atoms with van der Waals surface area (Å²) in [5.41, 5.74) is 2.58. The van der Waals surface area contributed by atoms with Crippen LogP contribution in [0.5, 0.6) is 0 Å². The topological polar surface area (TPSA) is 91.3 Å². The van der Waals surface area contributed by atoms with E-state index in [9.17, 15) is 9.59 Å². The molecule has 0 saturated carbocycles. The Morgan fingerprint density at radius 3 is 2.13 bits per heavy atom. The summed E-state index contributed by atoms with van der Waals surface area (Å²) < 4.78 is 10.3. The van der Waals surface area contributed by atoms with Crippen molar-refractivity contribution in [2.24, 2.45) is 5.41 Å². The first-order chi connectivity index (χ1) is 14.9. The number of ether oxygens (including phenoxy) is 2. The zero-order valence-electron chi connectivity index (χ0n) is 17.9. The molecule has 0 amide bonds. The lowest BCUT2D eigenvalue weighted by molar-refractivity contribution is -0.155. The summed E-state index contributed by atoms with van der Waals surface area (Å²) in [4.78, 5) is 37.4. The van der Waals surface area contributed by atoms with Crippen LogP contribution in [0.25, 0.3) is 22.8 Å². The highest BCUT2D eigenvalue weighted by molar-refractivity contribution is 5.89. The lowest BCUT2D eigenvalue weighted by atomic mass is 9.91. The average molecular weight is 419 g/mol. The molecule has 3 aromatic rings. The summed E-state index contributed by atoms with van der Waals surface area (Å²) in [6.45, 7) is 5.55. The monoisotopic (exact) mass is 419 g/mol. The summed E-state index contributed by atoms with van der Waals surface area (Å²) in [7, 11) is 0. The van der Waals surface area contributed by atoms with Crippen molar-refractivity contribution in [3.8, 4) is 22.8 Å². The van der Waals surface area contributed by atoms with Gasteiger partial charge in [0.2, 0.25) is 0 Å². The molecule has 3 rings (SSSR count). The number of rotatable bonds is 8. The highest BCUT2D eigenvalue weighted by Gasteiger charge is 2.26. The lowest BCUT2D eigenvalue weighted by Gasteiger charge is -2.20. The second-order valence-electron chi connectivity index (χ2n) is 7.56. The third-order valence-electron chi connectivity index (χ3n) is 4.92. The molecular formula is C24H25N3O4. The van der Waals surface area contributed by atoms with Crippen LogP contribution in [0, 0.1) is 5.41 Å². The molecule has 3 heterocycles. The number of aromatic nitrogens is 3. The summed E-state index contributed by atoms with van der Waals surface area (Å²) in [5.74, 6) is -0.836. The van der Waals surface area contributed by atoms with Crippen LogP contribution in [0.15, 0.2) is 60.9 Å². The van der Waals surface area contributed by atoms with Crippen molar-refractivity contribution in [2.75, 3.05) is 13.2 Å². The molecule has 0 N–H and O–H groups in total. The minimum absolute atomic E-state index is 0.0141. The van der Waals surface area contributed by atoms with E-state index in [-0.39, 0.29) is 19.2 Å². The standard InChI is InChI=1S/C24H25N3O4/c1-4-24(2,3)23(29)31-15-14-30-22(28)17-11-12-19(26-16-17)21-10-7-9-20(27-21)18-8-5-6-13-25-18/h5-13,16H,4,14-15H2,1-3H3. The SMILES string of the molecule is CCC(C)(C)C(=O)OCCOC(=O)c1ccc(-c2cccc(-c3ccccn3)n2)nc1. The fraction of sp³-hybridized carbons (Fsp3) is 0.292. The van der Waals surface area contributed by atoms with E-state index in [4.69, 9.17) is 9.47 Å². The van der Waals surface area contributed by atoms with Crippen LogP contribution >= 0.6 is 0 Å². The number of carbonyl (C=O) groups excluding carboxylic acids is 2. The van der Waals surface area contributed by atoms with Crippen molar-refractivity contribution in [1.29, 1.82) is 0 Å². The van der Waals surface area contributed by atoms with Crippen molar-refractivity contribution in [3.63, 3.8) is 0 Å². The largest absolute Gasteiger partial charge is 0.462 e. The fourth-order valence-electron chi connectivity index (χ4n) is 2.59. The summed E-state index contributed by atoms with van der Waals surface area (Å²) in [6.07, 6.45) is 3.83. The molecule has 0 fully saturated rings. The van der Waals surface area contributed by atoms with Gasteiger partial charge in [0.25, 0.3) is 0 Å². The number of esters is 2. The van der Waals surface area contributed by atoms with E-state index in [2.05, 4.69) is 15.0 Å². The number of hydrogen-bond acceptors (Lipinski definition) is 7. The molecule has 160 valence electrons. The molecule has 7 heteroatoms. The van der Waals surface area contributed by atoms with Gasteiger partial charge >= 0.3 is 11.9 Å². The van der Waals surface area contributed by atoms with E-state index in [1.54, 1.807) is 18.3 Å². The van der Waals surface area contributed by atoms with Gasteiger partial charge in [-0.1, -0.05) is 19.1 Å². The third-order valence-corrected chi connectivity index (χ3v) is 4.92. The predicted octanol–water partition coefficient (Wildman–Crippen LogP) is 4.34. The third kappa shape index (κ3) is 5.72. The van der Waals surface area contributed by atoms with Crippen molar-refractivity contribution < 1.29 is 19.1 Å². The number of pyridine rings is 3. The zero-order chi connectivity index (χ0) is 22.3. The summed E-state index contributed by atoms with van der Waals surface area (Å²) in [6, 6.07) is 14.6. The molecule has 0 spiro atoms. The minimum atomic E-state index is -0.550. The molecule has 0 aliphatic heterocycles. The van der Waals surface area contributed by atoms with Crippen LogP contribution in [0.4, 0.5) is 0 Å². The smallest absolute Gasteiger partial charge is 0.339 e. The van der Waals surface area contributed by atoms with Crippen LogP contribution in [0.1, 0.15) is 37.6 Å². The Morgan fingerprint density at radius 1 is 0.839 bits per heavy atom. The van der Waals surface area contributed by atoms with E-state index < -0.39 is 11.4 Å². The van der Waals surface area contributed by atoms with E-state index >= 15 is 0 Å². The summed E-state index contributed by atoms with van der Waals surface area (Å²) in [5, 5.41) is 0. The maximum absolute atomic E-state index is 12.2.